The van der Waals surface area contributed by atoms with Crippen molar-refractivity contribution in [2.24, 2.45) is 5.73 Å². The highest BCUT2D eigenvalue weighted by Gasteiger charge is 2.30. The minimum Gasteiger partial charge on any atom is -0.326 e. The van der Waals surface area contributed by atoms with E-state index in [1.807, 2.05) is 0 Å². The number of carbonyl (C=O) groups is 1. The van der Waals surface area contributed by atoms with Crippen molar-refractivity contribution in [1.82, 2.24) is 9.78 Å². The Kier molecular flexibility index (Phi) is 5.92. The van der Waals surface area contributed by atoms with Crippen LogP contribution in [0.25, 0.3) is 16.5 Å². The van der Waals surface area contributed by atoms with Crippen LogP contribution in [0, 0.1) is 0 Å². The fraction of sp³-hybridized carbons (Fsp3) is 0.0870. The van der Waals surface area contributed by atoms with Gasteiger partial charge in [0.25, 0.3) is 11.5 Å². The Balaban J connectivity index is 1.72. The zero-order valence-electron chi connectivity index (χ0n) is 16.9. The number of nitrogens with one attached hydrogen (secondary N) is 1. The Morgan fingerprint density at radius 2 is 1.88 bits per heavy atom. The maximum atomic E-state index is 13.1. The number of hydrogen-bond donors (Lipinski definition) is 2. The first-order chi connectivity index (χ1) is 15.7. The summed E-state index contributed by atoms with van der Waals surface area (Å²) < 4.78 is 40.1. The van der Waals surface area contributed by atoms with E-state index < -0.39 is 23.2 Å². The minimum absolute atomic E-state index is 0.0310. The molecule has 1 aromatic heterocycles. The standard InChI is InChI=1S/C23H16ClF3N4O2/c24-20-7-4-13(11-28)8-19(20)21(32)30-16-6-5-14-12-29-31(22(33)18(14)10-16)17-3-1-2-15(9-17)23(25,26)27/h1-10,12H,11,28H2,(H,30,32). The zero-order valence-corrected chi connectivity index (χ0v) is 17.6. The number of carbonyl (C=O) groups excluding carboxylic acids is 1. The van der Waals surface area contributed by atoms with E-state index >= 15 is 0 Å². The number of rotatable bonds is 4. The number of benzene rings is 3. The Bertz CT molecular complexity index is 1430. The van der Waals surface area contributed by atoms with Gasteiger partial charge in [-0.05, 0) is 48.0 Å². The van der Waals surface area contributed by atoms with Crippen LogP contribution in [-0.2, 0) is 12.7 Å². The molecule has 10 heteroatoms. The topological polar surface area (TPSA) is 90.0 Å². The van der Waals surface area contributed by atoms with Crippen LogP contribution in [0.3, 0.4) is 0 Å². The molecule has 3 N–H and O–H groups in total. The summed E-state index contributed by atoms with van der Waals surface area (Å²) in [6.07, 6.45) is -3.19. The minimum atomic E-state index is -4.56. The third kappa shape index (κ3) is 4.59. The first kappa shape index (κ1) is 22.5. The first-order valence-corrected chi connectivity index (χ1v) is 10.0. The van der Waals surface area contributed by atoms with Crippen molar-refractivity contribution >= 4 is 34.0 Å². The molecule has 0 saturated heterocycles. The number of nitrogens with two attached hydrogens (primary N) is 1. The smallest absolute Gasteiger partial charge is 0.326 e. The lowest BCUT2D eigenvalue weighted by atomic mass is 10.1. The number of anilines is 1. The second-order valence-electron chi connectivity index (χ2n) is 7.18. The fourth-order valence-corrected chi connectivity index (χ4v) is 3.49. The van der Waals surface area contributed by atoms with Gasteiger partial charge in [0.15, 0.2) is 0 Å². The van der Waals surface area contributed by atoms with E-state index in [-0.39, 0.29) is 28.2 Å². The molecule has 0 fully saturated rings. The predicted molar refractivity (Wildman–Crippen MR) is 120 cm³/mol. The average molecular weight is 473 g/mol. The van der Waals surface area contributed by atoms with Crippen molar-refractivity contribution < 1.29 is 18.0 Å². The van der Waals surface area contributed by atoms with E-state index in [0.717, 1.165) is 22.4 Å². The van der Waals surface area contributed by atoms with Crippen LogP contribution in [0.1, 0.15) is 21.5 Å². The molecule has 1 heterocycles. The van der Waals surface area contributed by atoms with Crippen molar-refractivity contribution in [3.05, 3.63) is 98.9 Å². The van der Waals surface area contributed by atoms with Gasteiger partial charge in [-0.25, -0.2) is 0 Å². The molecule has 0 radical (unpaired) electrons. The molecule has 1 amide bonds. The number of aromatic nitrogens is 2. The molecule has 168 valence electrons. The van der Waals surface area contributed by atoms with Gasteiger partial charge in [-0.2, -0.15) is 23.0 Å². The van der Waals surface area contributed by atoms with Crippen molar-refractivity contribution in [3.8, 4) is 5.69 Å². The third-order valence-corrected chi connectivity index (χ3v) is 5.30. The third-order valence-electron chi connectivity index (χ3n) is 4.98. The number of fused-ring (bicyclic) bond motifs is 1. The predicted octanol–water partition coefficient (Wildman–Crippen LogP) is 4.77. The molecule has 4 rings (SSSR count). The van der Waals surface area contributed by atoms with E-state index in [0.29, 0.717) is 11.1 Å². The summed E-state index contributed by atoms with van der Waals surface area (Å²) >= 11 is 6.12. The van der Waals surface area contributed by atoms with Crippen LogP contribution >= 0.6 is 11.6 Å². The Morgan fingerprint density at radius 1 is 1.09 bits per heavy atom. The Hall–Kier alpha value is -3.69. The second-order valence-corrected chi connectivity index (χ2v) is 7.59. The Labute approximate surface area is 190 Å². The molecule has 0 spiro atoms. The van der Waals surface area contributed by atoms with Crippen molar-refractivity contribution in [1.29, 1.82) is 0 Å². The van der Waals surface area contributed by atoms with Crippen LogP contribution in [0.5, 0.6) is 0 Å². The SMILES string of the molecule is NCc1ccc(Cl)c(C(=O)Nc2ccc3cnn(-c4cccc(C(F)(F)F)c4)c(=O)c3c2)c1. The van der Waals surface area contributed by atoms with E-state index in [1.165, 1.54) is 24.4 Å². The zero-order chi connectivity index (χ0) is 23.8. The van der Waals surface area contributed by atoms with Gasteiger partial charge in [0.05, 0.1) is 33.4 Å². The lowest BCUT2D eigenvalue weighted by molar-refractivity contribution is -0.137. The van der Waals surface area contributed by atoms with Crippen LogP contribution in [-0.4, -0.2) is 15.7 Å². The number of amides is 1. The molecular formula is C23H16ClF3N4O2. The lowest BCUT2D eigenvalue weighted by Crippen LogP contribution is -2.22. The highest BCUT2D eigenvalue weighted by Crippen LogP contribution is 2.30. The van der Waals surface area contributed by atoms with E-state index in [2.05, 4.69) is 10.4 Å². The van der Waals surface area contributed by atoms with Crippen LogP contribution < -0.4 is 16.6 Å². The normalized spacial score (nSPS) is 11.5. The quantitative estimate of drug-likeness (QED) is 0.448. The lowest BCUT2D eigenvalue weighted by Gasteiger charge is -2.11. The molecule has 4 aromatic rings. The molecule has 6 nitrogen and oxygen atoms in total. The molecule has 33 heavy (non-hydrogen) atoms. The molecular weight excluding hydrogens is 457 g/mol. The summed E-state index contributed by atoms with van der Waals surface area (Å²) in [6, 6.07) is 13.7. The largest absolute Gasteiger partial charge is 0.416 e. The van der Waals surface area contributed by atoms with Crippen molar-refractivity contribution in [2.75, 3.05) is 5.32 Å². The Morgan fingerprint density at radius 3 is 2.61 bits per heavy atom. The van der Waals surface area contributed by atoms with Gasteiger partial charge in [-0.3, -0.25) is 9.59 Å². The number of alkyl halides is 3. The fourth-order valence-electron chi connectivity index (χ4n) is 3.29. The highest BCUT2D eigenvalue weighted by atomic mass is 35.5. The van der Waals surface area contributed by atoms with Gasteiger partial charge in [0.1, 0.15) is 0 Å². The molecule has 3 aromatic carbocycles. The van der Waals surface area contributed by atoms with E-state index in [4.69, 9.17) is 17.3 Å². The maximum absolute atomic E-state index is 13.1. The molecule has 0 atom stereocenters. The van der Waals surface area contributed by atoms with Crippen molar-refractivity contribution in [2.45, 2.75) is 12.7 Å². The first-order valence-electron chi connectivity index (χ1n) is 9.67. The summed E-state index contributed by atoms with van der Waals surface area (Å²) in [6.45, 7) is 0.232. The second kappa shape index (κ2) is 8.68. The summed E-state index contributed by atoms with van der Waals surface area (Å²) in [5, 5.41) is 7.53. The summed E-state index contributed by atoms with van der Waals surface area (Å²) in [7, 11) is 0. The molecule has 0 aliphatic carbocycles. The number of hydrogen-bond acceptors (Lipinski definition) is 4. The van der Waals surface area contributed by atoms with E-state index in [9.17, 15) is 22.8 Å². The number of nitrogens with zero attached hydrogens (tertiary/aromatic N) is 2. The molecule has 0 unspecified atom stereocenters. The van der Waals surface area contributed by atoms with Gasteiger partial charge in [0, 0.05) is 17.6 Å². The summed E-state index contributed by atoms with van der Waals surface area (Å²) in [5.41, 5.74) is 5.30. The van der Waals surface area contributed by atoms with Gasteiger partial charge in [-0.1, -0.05) is 29.8 Å². The molecule has 0 saturated carbocycles. The van der Waals surface area contributed by atoms with Gasteiger partial charge in [-0.15, -0.1) is 0 Å². The van der Waals surface area contributed by atoms with Gasteiger partial charge >= 0.3 is 6.18 Å². The van der Waals surface area contributed by atoms with Crippen LogP contribution in [0.2, 0.25) is 5.02 Å². The van der Waals surface area contributed by atoms with Gasteiger partial charge in [0.2, 0.25) is 0 Å². The average Bonchev–Trinajstić information content (AvgIpc) is 2.79. The van der Waals surface area contributed by atoms with Crippen molar-refractivity contribution in [3.63, 3.8) is 0 Å². The summed E-state index contributed by atoms with van der Waals surface area (Å²) in [4.78, 5) is 25.7. The molecule has 0 bridgehead atoms. The monoisotopic (exact) mass is 472 g/mol. The highest BCUT2D eigenvalue weighted by molar-refractivity contribution is 6.34. The van der Waals surface area contributed by atoms with Gasteiger partial charge < -0.3 is 11.1 Å². The number of halogens is 4. The molecule has 0 aliphatic heterocycles. The summed E-state index contributed by atoms with van der Waals surface area (Å²) in [5.74, 6) is -0.498. The van der Waals surface area contributed by atoms with E-state index in [1.54, 1.807) is 30.3 Å². The van der Waals surface area contributed by atoms with Crippen LogP contribution in [0.4, 0.5) is 18.9 Å². The maximum Gasteiger partial charge on any atom is 0.416 e. The van der Waals surface area contributed by atoms with Crippen LogP contribution in [0.15, 0.2) is 71.7 Å². The molecule has 0 aliphatic rings.